The highest BCUT2D eigenvalue weighted by atomic mass is 16.7. The molecule has 0 bridgehead atoms. The van der Waals surface area contributed by atoms with Gasteiger partial charge in [0.25, 0.3) is 0 Å². The van der Waals surface area contributed by atoms with E-state index in [1.165, 1.54) is 0 Å². The summed E-state index contributed by atoms with van der Waals surface area (Å²) in [7, 11) is 1.62. The van der Waals surface area contributed by atoms with Crippen molar-refractivity contribution in [2.45, 2.75) is 0 Å². The van der Waals surface area contributed by atoms with E-state index in [4.69, 9.17) is 10.6 Å². The first-order valence-corrected chi connectivity index (χ1v) is 2.77. The molecule has 0 atom stereocenters. The summed E-state index contributed by atoms with van der Waals surface area (Å²) < 4.78 is 0. The van der Waals surface area contributed by atoms with Gasteiger partial charge in [-0.3, -0.25) is 9.90 Å². The van der Waals surface area contributed by atoms with Crippen LogP contribution in [0, 0.1) is 0 Å². The van der Waals surface area contributed by atoms with Gasteiger partial charge in [0, 0.05) is 11.9 Å². The number of nitrogens with zero attached hydrogens (tertiary/aromatic N) is 1. The van der Waals surface area contributed by atoms with Gasteiger partial charge in [-0.2, -0.15) is 0 Å². The summed E-state index contributed by atoms with van der Waals surface area (Å²) in [6.07, 6.45) is 5.49. The Morgan fingerprint density at radius 1 is 1.78 bits per heavy atom. The molecule has 3 nitrogen and oxygen atoms in total. The first-order chi connectivity index (χ1) is 4.33. The predicted molar refractivity (Wildman–Crippen MR) is 35.1 cm³/mol. The Hall–Kier alpha value is -0.960. The summed E-state index contributed by atoms with van der Waals surface area (Å²) in [5, 5.41) is 1.69. The van der Waals surface area contributed by atoms with Gasteiger partial charge in [0.05, 0.1) is 13.7 Å². The van der Waals surface area contributed by atoms with E-state index in [0.29, 0.717) is 0 Å². The van der Waals surface area contributed by atoms with E-state index in [-0.39, 0.29) is 0 Å². The van der Waals surface area contributed by atoms with Crippen molar-refractivity contribution in [2.24, 2.45) is 5.73 Å². The quantitative estimate of drug-likeness (QED) is 0.546. The minimum atomic E-state index is 0.735. The molecule has 9 heavy (non-hydrogen) atoms. The van der Waals surface area contributed by atoms with Gasteiger partial charge in [-0.15, -0.1) is 0 Å². The van der Waals surface area contributed by atoms with Crippen LogP contribution in [0.3, 0.4) is 0 Å². The molecule has 0 aromatic rings. The number of rotatable bonds is 1. The molecular weight excluding hydrogens is 116 g/mol. The summed E-state index contributed by atoms with van der Waals surface area (Å²) in [6.45, 7) is 0.735. The molecule has 0 amide bonds. The molecule has 50 valence electrons. The average molecular weight is 126 g/mol. The molecule has 0 saturated heterocycles. The zero-order valence-electron chi connectivity index (χ0n) is 5.37. The van der Waals surface area contributed by atoms with Crippen LogP contribution in [0.15, 0.2) is 24.0 Å². The Balaban J connectivity index is 2.48. The van der Waals surface area contributed by atoms with Crippen molar-refractivity contribution in [2.75, 3.05) is 13.7 Å². The van der Waals surface area contributed by atoms with E-state index in [1.807, 2.05) is 6.08 Å². The maximum absolute atomic E-state index is 5.44. The zero-order valence-corrected chi connectivity index (χ0v) is 5.37. The van der Waals surface area contributed by atoms with Crippen LogP contribution in [-0.2, 0) is 4.84 Å². The summed E-state index contributed by atoms with van der Waals surface area (Å²) in [5.41, 5.74) is 6.24. The lowest BCUT2D eigenvalue weighted by Crippen LogP contribution is -2.19. The fourth-order valence-corrected chi connectivity index (χ4v) is 0.629. The lowest BCUT2D eigenvalue weighted by molar-refractivity contribution is -0.0793. The molecule has 0 aromatic heterocycles. The second-order valence-corrected chi connectivity index (χ2v) is 1.80. The van der Waals surface area contributed by atoms with Crippen LogP contribution < -0.4 is 5.73 Å². The van der Waals surface area contributed by atoms with Crippen LogP contribution in [-0.4, -0.2) is 18.7 Å². The second kappa shape index (κ2) is 2.55. The fourth-order valence-electron chi connectivity index (χ4n) is 0.629. The van der Waals surface area contributed by atoms with E-state index in [9.17, 15) is 0 Å². The number of nitrogens with two attached hydrogens (primary N) is 1. The van der Waals surface area contributed by atoms with Gasteiger partial charge in [0.2, 0.25) is 0 Å². The Labute approximate surface area is 54.3 Å². The zero-order chi connectivity index (χ0) is 6.69. The molecule has 1 aliphatic heterocycles. The van der Waals surface area contributed by atoms with Gasteiger partial charge in [-0.05, 0) is 12.2 Å². The van der Waals surface area contributed by atoms with Gasteiger partial charge in [-0.25, -0.2) is 0 Å². The van der Waals surface area contributed by atoms with Gasteiger partial charge < -0.3 is 5.73 Å². The van der Waals surface area contributed by atoms with E-state index in [0.717, 1.165) is 12.2 Å². The Kier molecular flexibility index (Phi) is 1.75. The largest absolute Gasteiger partial charge is 0.399 e. The smallest absolute Gasteiger partial charge is 0.0652 e. The highest BCUT2D eigenvalue weighted by Crippen LogP contribution is 2.00. The molecule has 1 rings (SSSR count). The third-order valence-electron chi connectivity index (χ3n) is 1.17. The minimum absolute atomic E-state index is 0.735. The average Bonchev–Trinajstić information content (AvgIpc) is 1.90. The van der Waals surface area contributed by atoms with Crippen LogP contribution in [0.1, 0.15) is 0 Å². The van der Waals surface area contributed by atoms with Crippen LogP contribution in [0.25, 0.3) is 0 Å². The molecule has 0 radical (unpaired) electrons. The molecule has 0 aromatic carbocycles. The number of hydroxylamine groups is 2. The SMILES string of the molecule is CON1C=CC(N)=CC1. The molecule has 0 fully saturated rings. The van der Waals surface area contributed by atoms with E-state index >= 15 is 0 Å². The number of hydrogen-bond acceptors (Lipinski definition) is 3. The van der Waals surface area contributed by atoms with Gasteiger partial charge in [0.15, 0.2) is 0 Å². The molecule has 0 spiro atoms. The van der Waals surface area contributed by atoms with Crippen LogP contribution >= 0.6 is 0 Å². The van der Waals surface area contributed by atoms with Crippen molar-refractivity contribution in [3.63, 3.8) is 0 Å². The fraction of sp³-hybridized carbons (Fsp3) is 0.333. The Morgan fingerprint density at radius 2 is 2.56 bits per heavy atom. The van der Waals surface area contributed by atoms with Crippen LogP contribution in [0.2, 0.25) is 0 Å². The highest BCUT2D eigenvalue weighted by molar-refractivity contribution is 5.17. The first-order valence-electron chi connectivity index (χ1n) is 2.77. The molecule has 0 unspecified atom stereocenters. The lowest BCUT2D eigenvalue weighted by atomic mass is 10.3. The molecule has 0 aliphatic carbocycles. The minimum Gasteiger partial charge on any atom is -0.399 e. The van der Waals surface area contributed by atoms with Gasteiger partial charge in [0.1, 0.15) is 0 Å². The third-order valence-corrected chi connectivity index (χ3v) is 1.17. The Bertz CT molecular complexity index is 151. The van der Waals surface area contributed by atoms with Crippen molar-refractivity contribution in [3.05, 3.63) is 24.0 Å². The van der Waals surface area contributed by atoms with E-state index < -0.39 is 0 Å². The molecule has 1 heterocycles. The highest BCUT2D eigenvalue weighted by Gasteiger charge is 1.98. The van der Waals surface area contributed by atoms with E-state index in [1.54, 1.807) is 24.4 Å². The van der Waals surface area contributed by atoms with Crippen molar-refractivity contribution in [1.82, 2.24) is 5.06 Å². The first kappa shape index (κ1) is 6.16. The summed E-state index contributed by atoms with van der Waals surface area (Å²) in [5.74, 6) is 0. The Morgan fingerprint density at radius 3 is 3.00 bits per heavy atom. The van der Waals surface area contributed by atoms with Crippen LogP contribution in [0.4, 0.5) is 0 Å². The van der Waals surface area contributed by atoms with Crippen molar-refractivity contribution in [3.8, 4) is 0 Å². The molecule has 0 saturated carbocycles. The number of hydrogen-bond donors (Lipinski definition) is 1. The number of allylic oxidation sites excluding steroid dienone is 1. The topological polar surface area (TPSA) is 38.5 Å². The summed E-state index contributed by atoms with van der Waals surface area (Å²) in [4.78, 5) is 4.89. The van der Waals surface area contributed by atoms with Crippen LogP contribution in [0.5, 0.6) is 0 Å². The molecular formula is C6H10N2O. The monoisotopic (exact) mass is 126 g/mol. The van der Waals surface area contributed by atoms with Crippen molar-refractivity contribution in [1.29, 1.82) is 0 Å². The molecule has 2 N–H and O–H groups in total. The maximum atomic E-state index is 5.44. The van der Waals surface area contributed by atoms with Crippen molar-refractivity contribution < 1.29 is 4.84 Å². The van der Waals surface area contributed by atoms with Gasteiger partial charge in [-0.1, -0.05) is 0 Å². The third kappa shape index (κ3) is 1.47. The van der Waals surface area contributed by atoms with Crippen molar-refractivity contribution >= 4 is 0 Å². The maximum Gasteiger partial charge on any atom is 0.0652 e. The van der Waals surface area contributed by atoms with Gasteiger partial charge >= 0.3 is 0 Å². The lowest BCUT2D eigenvalue weighted by Gasteiger charge is -2.17. The predicted octanol–water partition coefficient (Wildman–Crippen LogP) is 0.220. The standard InChI is InChI=1S/C6H10N2O/c1-9-8-4-2-6(7)3-5-8/h2-4H,5,7H2,1H3. The normalized spacial score (nSPS) is 17.9. The summed E-state index contributed by atoms with van der Waals surface area (Å²) in [6, 6.07) is 0. The van der Waals surface area contributed by atoms with E-state index in [2.05, 4.69) is 0 Å². The summed E-state index contributed by atoms with van der Waals surface area (Å²) >= 11 is 0. The molecule has 1 aliphatic rings. The molecule has 3 heteroatoms. The second-order valence-electron chi connectivity index (χ2n) is 1.80.